The predicted octanol–water partition coefficient (Wildman–Crippen LogP) is 4.38. The van der Waals surface area contributed by atoms with Crippen LogP contribution in [0, 0.1) is 5.92 Å². The number of likely N-dealkylation sites (N-methyl/N-ethyl adjacent to an activating group) is 1. The first-order valence-electron chi connectivity index (χ1n) is 16.4. The highest BCUT2D eigenvalue weighted by Gasteiger charge is 2.58. The first-order valence-corrected chi connectivity index (χ1v) is 17.4. The van der Waals surface area contributed by atoms with Crippen LogP contribution in [0.1, 0.15) is 58.9 Å². The van der Waals surface area contributed by atoms with Gasteiger partial charge in [0.15, 0.2) is 5.72 Å². The van der Waals surface area contributed by atoms with Crippen LogP contribution in [-0.2, 0) is 35.0 Å². The second-order valence-corrected chi connectivity index (χ2v) is 14.0. The van der Waals surface area contributed by atoms with Crippen molar-refractivity contribution in [3.05, 3.63) is 46.5 Å². The number of alkyl carbamates (subject to hydrolysis) is 1. The minimum absolute atomic E-state index is 0.104. The number of aliphatic hydroxyl groups is 1. The first-order chi connectivity index (χ1) is 23.4. The van der Waals surface area contributed by atoms with Crippen LogP contribution in [0.3, 0.4) is 0 Å². The van der Waals surface area contributed by atoms with Crippen molar-refractivity contribution >= 4 is 53.8 Å². The summed E-state index contributed by atoms with van der Waals surface area (Å²) in [5, 5.41) is 22.9. The number of fused-ring (bicyclic) bond motifs is 5. The Morgan fingerprint density at radius 2 is 1.96 bits per heavy atom. The monoisotopic (exact) mass is 739 g/mol. The molecule has 2 fully saturated rings. The fraction of sp³-hybridized carbons (Fsp3) is 0.600. The number of aliphatic carboxylic acids is 1. The molecule has 50 heavy (non-hydrogen) atoms. The molecule has 278 valence electrons. The molecule has 1 aromatic rings. The molecule has 15 heteroatoms. The molecular formula is C35H50ClN3O10S. The Morgan fingerprint density at radius 3 is 2.56 bits per heavy atom. The van der Waals surface area contributed by atoms with Crippen molar-refractivity contribution in [3.63, 3.8) is 0 Å². The Kier molecular flexibility index (Phi) is 14.2. The number of hydrogen-bond donors (Lipinski definition) is 4. The van der Waals surface area contributed by atoms with Crippen LogP contribution in [0.15, 0.2) is 35.9 Å². The predicted molar refractivity (Wildman–Crippen MR) is 192 cm³/mol. The highest BCUT2D eigenvalue weighted by atomic mass is 35.5. The second kappa shape index (κ2) is 17.3. The van der Waals surface area contributed by atoms with E-state index in [-0.39, 0.29) is 43.1 Å². The minimum atomic E-state index is -1.66. The Balaban J connectivity index is 0.000000482. The average Bonchev–Trinajstić information content (AvgIpc) is 3.75. The molecule has 4 rings (SSSR count). The van der Waals surface area contributed by atoms with Crippen LogP contribution in [0.25, 0.3) is 0 Å². The van der Waals surface area contributed by atoms with E-state index in [1.54, 1.807) is 31.2 Å². The number of carboxylic acid groups (broad SMARTS) is 1. The number of carbonyl (C=O) groups excluding carboxylic acids is 3. The molecule has 1 aromatic carbocycles. The summed E-state index contributed by atoms with van der Waals surface area (Å²) < 4.78 is 22.7. The SMILES string of the molecule is COc1cc2cc(c1Cl)N(C)C(=O)CC[C@]1(C)OC1[C@H](C)C1C[C@@](O)(NC(=O)O1)[C@H](OC)/C=C/C=C(\C)C2.C[C@@H](C(=O)O)N(C)C(=O)CCS. The fourth-order valence-corrected chi connectivity index (χ4v) is 6.62. The standard InChI is InChI=1S/C28H37ClN2O7.C7H13NO3S/c1-16-8-7-9-22(36-6)28(34)15-21(37-26(33)30-28)17(2)25-27(3,38-25)11-10-23(32)31(4)19-13-18(12-16)14-20(35-5)24(19)29;1-5(7(10)11)8(2)6(9)3-4-12/h7-9,13-14,17,21-22,25,34H,10-12,15H2,1-6H3,(H,30,33);5,12H,3-4H2,1-2H3,(H,10,11)/b9-7+,16-8+;/t17-,21?,22-,25?,27+,28+;5-/m10/s1. The van der Waals surface area contributed by atoms with E-state index in [2.05, 4.69) is 17.9 Å². The highest BCUT2D eigenvalue weighted by Crippen LogP contribution is 2.48. The van der Waals surface area contributed by atoms with Gasteiger partial charge >= 0.3 is 12.1 Å². The quantitative estimate of drug-likeness (QED) is 0.243. The zero-order valence-electron chi connectivity index (χ0n) is 29.9. The number of nitrogens with one attached hydrogen (secondary N) is 1. The Morgan fingerprint density at radius 1 is 1.28 bits per heavy atom. The summed E-state index contributed by atoms with van der Waals surface area (Å²) in [5.41, 5.74) is 0.297. The van der Waals surface area contributed by atoms with Gasteiger partial charge in [-0.15, -0.1) is 0 Å². The number of ether oxygens (including phenoxy) is 4. The highest BCUT2D eigenvalue weighted by molar-refractivity contribution is 7.80. The molecule has 7 atom stereocenters. The summed E-state index contributed by atoms with van der Waals surface area (Å²) in [6.45, 7) is 7.32. The van der Waals surface area contributed by atoms with E-state index in [1.807, 2.05) is 39.0 Å². The molecule has 2 unspecified atom stereocenters. The van der Waals surface area contributed by atoms with Gasteiger partial charge in [-0.25, -0.2) is 9.59 Å². The van der Waals surface area contributed by atoms with Gasteiger partial charge in [0.05, 0.1) is 24.5 Å². The Hall–Kier alpha value is -3.30. The number of amides is 3. The van der Waals surface area contributed by atoms with Gasteiger partial charge < -0.3 is 39.0 Å². The molecule has 0 spiro atoms. The van der Waals surface area contributed by atoms with Gasteiger partial charge in [-0.05, 0) is 57.1 Å². The van der Waals surface area contributed by atoms with Gasteiger partial charge in [0.1, 0.15) is 29.0 Å². The van der Waals surface area contributed by atoms with Crippen LogP contribution in [0.4, 0.5) is 10.5 Å². The molecule has 0 aromatic heterocycles. The van der Waals surface area contributed by atoms with E-state index in [9.17, 15) is 24.3 Å². The smallest absolute Gasteiger partial charge is 0.409 e. The first kappa shape index (κ1) is 41.1. The molecule has 0 saturated carbocycles. The van der Waals surface area contributed by atoms with Crippen molar-refractivity contribution in [2.45, 2.75) is 95.5 Å². The third-order valence-corrected chi connectivity index (χ3v) is 10.1. The summed E-state index contributed by atoms with van der Waals surface area (Å²) in [4.78, 5) is 50.0. The number of carboxylic acids is 1. The van der Waals surface area contributed by atoms with E-state index in [4.69, 9.17) is 35.7 Å². The van der Waals surface area contributed by atoms with Crippen molar-refractivity contribution in [1.29, 1.82) is 0 Å². The normalized spacial score (nSPS) is 30.5. The maximum absolute atomic E-state index is 13.2. The maximum Gasteiger partial charge on any atom is 0.409 e. The number of hydrogen-bond acceptors (Lipinski definition) is 10. The number of carbonyl (C=O) groups is 4. The molecule has 3 amide bonds. The third-order valence-electron chi connectivity index (χ3n) is 9.50. The topological polar surface area (TPSA) is 167 Å². The molecule has 0 radical (unpaired) electrons. The lowest BCUT2D eigenvalue weighted by atomic mass is 9.84. The number of halogens is 1. The van der Waals surface area contributed by atoms with E-state index in [0.29, 0.717) is 35.1 Å². The second-order valence-electron chi connectivity index (χ2n) is 13.2. The Bertz CT molecular complexity index is 1490. The molecule has 3 heterocycles. The summed E-state index contributed by atoms with van der Waals surface area (Å²) in [5.74, 6) is -0.580. The number of rotatable bonds is 6. The maximum atomic E-state index is 13.2. The van der Waals surface area contributed by atoms with Crippen LogP contribution in [0.5, 0.6) is 5.75 Å². The summed E-state index contributed by atoms with van der Waals surface area (Å²) in [6, 6.07) is 2.99. The number of nitrogens with zero attached hydrogens (tertiary/aromatic N) is 2. The molecule has 13 nitrogen and oxygen atoms in total. The number of anilines is 1. The summed E-state index contributed by atoms with van der Waals surface area (Å²) >= 11 is 10.5. The van der Waals surface area contributed by atoms with E-state index >= 15 is 0 Å². The number of allylic oxidation sites excluding steroid dienone is 3. The number of methoxy groups -OCH3 is 2. The Labute approximate surface area is 304 Å². The number of epoxide rings is 1. The number of thiol groups is 1. The lowest BCUT2D eigenvalue weighted by molar-refractivity contribution is -0.148. The van der Waals surface area contributed by atoms with E-state index in [1.165, 1.54) is 26.0 Å². The molecule has 2 saturated heterocycles. The van der Waals surface area contributed by atoms with Crippen molar-refractivity contribution < 1.29 is 48.3 Å². The van der Waals surface area contributed by atoms with Crippen molar-refractivity contribution in [2.75, 3.05) is 39.0 Å². The molecule has 0 aliphatic carbocycles. The molecule has 4 bridgehead atoms. The van der Waals surface area contributed by atoms with Crippen LogP contribution in [-0.4, -0.2) is 109 Å². The molecule has 3 aliphatic heterocycles. The minimum Gasteiger partial charge on any atom is -0.495 e. The number of benzene rings is 1. The van der Waals surface area contributed by atoms with Crippen molar-refractivity contribution in [1.82, 2.24) is 10.2 Å². The van der Waals surface area contributed by atoms with Gasteiger partial charge in [0, 0.05) is 46.4 Å². The van der Waals surface area contributed by atoms with E-state index < -0.39 is 41.6 Å². The lowest BCUT2D eigenvalue weighted by Crippen LogP contribution is -2.63. The third kappa shape index (κ3) is 9.93. The largest absolute Gasteiger partial charge is 0.495 e. The van der Waals surface area contributed by atoms with Crippen LogP contribution >= 0.6 is 24.2 Å². The average molecular weight is 740 g/mol. The molecular weight excluding hydrogens is 690 g/mol. The van der Waals surface area contributed by atoms with Gasteiger partial charge in [-0.1, -0.05) is 42.3 Å². The molecule has 3 N–H and O–H groups in total. The van der Waals surface area contributed by atoms with Gasteiger partial charge in [-0.3, -0.25) is 14.9 Å². The van der Waals surface area contributed by atoms with Crippen molar-refractivity contribution in [2.24, 2.45) is 5.92 Å². The summed E-state index contributed by atoms with van der Waals surface area (Å²) in [7, 11) is 6.21. The zero-order valence-corrected chi connectivity index (χ0v) is 31.5. The molecule has 3 aliphatic rings. The van der Waals surface area contributed by atoms with Crippen LogP contribution < -0.4 is 15.0 Å². The van der Waals surface area contributed by atoms with Crippen molar-refractivity contribution in [3.8, 4) is 5.75 Å². The summed E-state index contributed by atoms with van der Waals surface area (Å²) in [6.07, 6.45) is 4.74. The fourth-order valence-electron chi connectivity index (χ4n) is 6.12. The van der Waals surface area contributed by atoms with Gasteiger partial charge in [-0.2, -0.15) is 12.6 Å². The van der Waals surface area contributed by atoms with Gasteiger partial charge in [0.2, 0.25) is 11.8 Å². The zero-order chi connectivity index (χ0) is 37.6. The van der Waals surface area contributed by atoms with Gasteiger partial charge in [0.25, 0.3) is 0 Å². The van der Waals surface area contributed by atoms with Crippen LogP contribution in [0.2, 0.25) is 5.02 Å². The lowest BCUT2D eigenvalue weighted by Gasteiger charge is -2.42. The van der Waals surface area contributed by atoms with E-state index in [0.717, 1.165) is 11.1 Å².